The van der Waals surface area contributed by atoms with Gasteiger partial charge in [0.05, 0.1) is 5.52 Å². The zero-order chi connectivity index (χ0) is 14.7. The van der Waals surface area contributed by atoms with Crippen molar-refractivity contribution >= 4 is 33.5 Å². The molecule has 21 heavy (non-hydrogen) atoms. The van der Waals surface area contributed by atoms with Gasteiger partial charge in [0.1, 0.15) is 0 Å². The Bertz CT molecular complexity index is 755. The minimum absolute atomic E-state index is 0.336. The molecule has 0 bridgehead atoms. The van der Waals surface area contributed by atoms with Crippen molar-refractivity contribution in [1.82, 2.24) is 10.3 Å². The first-order valence-corrected chi connectivity index (χ1v) is 8.13. The van der Waals surface area contributed by atoms with Crippen LogP contribution < -0.4 is 5.32 Å². The molecule has 3 aromatic rings. The van der Waals surface area contributed by atoms with Gasteiger partial charge < -0.3 is 5.32 Å². The first-order valence-electron chi connectivity index (χ1n) is 7.05. The molecule has 3 rings (SSSR count). The molecular formula is C18H17IN2. The van der Waals surface area contributed by atoms with E-state index in [2.05, 4.69) is 88.3 Å². The third-order valence-electron chi connectivity index (χ3n) is 3.65. The van der Waals surface area contributed by atoms with Crippen LogP contribution in [0.2, 0.25) is 0 Å². The Hall–Kier alpha value is -1.46. The molecule has 0 radical (unpaired) electrons. The zero-order valence-corrected chi connectivity index (χ0v) is 14.0. The van der Waals surface area contributed by atoms with Crippen LogP contribution in [0, 0.1) is 3.57 Å². The van der Waals surface area contributed by atoms with E-state index >= 15 is 0 Å². The number of rotatable bonds is 4. The van der Waals surface area contributed by atoms with Gasteiger partial charge in [0.25, 0.3) is 0 Å². The molecule has 0 amide bonds. The number of pyridine rings is 1. The third kappa shape index (κ3) is 3.41. The summed E-state index contributed by atoms with van der Waals surface area (Å²) in [6.07, 6.45) is 1.83. The van der Waals surface area contributed by atoms with E-state index in [1.54, 1.807) is 0 Å². The van der Waals surface area contributed by atoms with Gasteiger partial charge in [-0.25, -0.2) is 0 Å². The minimum atomic E-state index is 0.336. The molecule has 106 valence electrons. The van der Waals surface area contributed by atoms with E-state index in [9.17, 15) is 0 Å². The molecule has 0 fully saturated rings. The second-order valence-electron chi connectivity index (χ2n) is 5.15. The van der Waals surface area contributed by atoms with Gasteiger partial charge in [-0.1, -0.05) is 30.3 Å². The number of halogens is 1. The third-order valence-corrected chi connectivity index (χ3v) is 4.63. The molecule has 1 heterocycles. The molecule has 0 aliphatic heterocycles. The summed E-state index contributed by atoms with van der Waals surface area (Å²) in [4.78, 5) is 4.36. The highest BCUT2D eigenvalue weighted by molar-refractivity contribution is 14.1. The SMILES string of the molecule is CC(NCc1ccc2ncccc2c1)c1ccccc1I. The van der Waals surface area contributed by atoms with Crippen molar-refractivity contribution in [3.8, 4) is 0 Å². The molecule has 2 aromatic carbocycles. The summed E-state index contributed by atoms with van der Waals surface area (Å²) in [5, 5.41) is 4.79. The molecule has 0 aliphatic rings. The van der Waals surface area contributed by atoms with Gasteiger partial charge in [0, 0.05) is 27.7 Å². The van der Waals surface area contributed by atoms with Crippen molar-refractivity contribution in [1.29, 1.82) is 0 Å². The van der Waals surface area contributed by atoms with Gasteiger partial charge in [-0.05, 0) is 64.9 Å². The fraction of sp³-hybridized carbons (Fsp3) is 0.167. The number of benzene rings is 2. The maximum absolute atomic E-state index is 4.36. The normalized spacial score (nSPS) is 12.5. The summed E-state index contributed by atoms with van der Waals surface area (Å²) in [6.45, 7) is 3.07. The van der Waals surface area contributed by atoms with E-state index in [4.69, 9.17) is 0 Å². The number of hydrogen-bond donors (Lipinski definition) is 1. The van der Waals surface area contributed by atoms with Crippen LogP contribution >= 0.6 is 22.6 Å². The predicted molar refractivity (Wildman–Crippen MR) is 96.2 cm³/mol. The van der Waals surface area contributed by atoms with Crippen molar-refractivity contribution in [2.45, 2.75) is 19.5 Å². The maximum Gasteiger partial charge on any atom is 0.0702 e. The second kappa shape index (κ2) is 6.54. The molecule has 0 aliphatic carbocycles. The fourth-order valence-corrected chi connectivity index (χ4v) is 3.30. The number of fused-ring (bicyclic) bond motifs is 1. The highest BCUT2D eigenvalue weighted by Gasteiger charge is 2.08. The molecule has 0 saturated heterocycles. The van der Waals surface area contributed by atoms with Gasteiger partial charge in [-0.15, -0.1) is 0 Å². The number of nitrogens with one attached hydrogen (secondary N) is 1. The van der Waals surface area contributed by atoms with Crippen molar-refractivity contribution in [3.63, 3.8) is 0 Å². The van der Waals surface area contributed by atoms with E-state index < -0.39 is 0 Å². The Kier molecular flexibility index (Phi) is 4.51. The van der Waals surface area contributed by atoms with Crippen LogP contribution in [-0.4, -0.2) is 4.98 Å². The van der Waals surface area contributed by atoms with E-state index in [1.165, 1.54) is 20.1 Å². The smallest absolute Gasteiger partial charge is 0.0702 e. The second-order valence-corrected chi connectivity index (χ2v) is 6.32. The molecular weight excluding hydrogens is 371 g/mol. The monoisotopic (exact) mass is 388 g/mol. The molecule has 1 atom stereocenters. The molecule has 1 unspecified atom stereocenters. The average Bonchev–Trinajstić information content (AvgIpc) is 2.53. The first kappa shape index (κ1) is 14.5. The van der Waals surface area contributed by atoms with Crippen molar-refractivity contribution in [3.05, 3.63) is 75.5 Å². The van der Waals surface area contributed by atoms with Gasteiger partial charge >= 0.3 is 0 Å². The van der Waals surface area contributed by atoms with Crippen LogP contribution in [0.4, 0.5) is 0 Å². The Balaban J connectivity index is 1.73. The van der Waals surface area contributed by atoms with Gasteiger partial charge in [0.15, 0.2) is 0 Å². The molecule has 0 saturated carbocycles. The Morgan fingerprint density at radius 1 is 1.10 bits per heavy atom. The fourth-order valence-electron chi connectivity index (χ4n) is 2.44. The zero-order valence-electron chi connectivity index (χ0n) is 11.9. The summed E-state index contributed by atoms with van der Waals surface area (Å²) in [7, 11) is 0. The van der Waals surface area contributed by atoms with E-state index in [0.29, 0.717) is 6.04 Å². The Morgan fingerprint density at radius 2 is 1.95 bits per heavy atom. The number of nitrogens with zero attached hydrogens (tertiary/aromatic N) is 1. The van der Waals surface area contributed by atoms with Crippen LogP contribution in [0.1, 0.15) is 24.1 Å². The van der Waals surface area contributed by atoms with E-state index in [0.717, 1.165) is 12.1 Å². The quantitative estimate of drug-likeness (QED) is 0.656. The van der Waals surface area contributed by atoms with Crippen LogP contribution in [0.3, 0.4) is 0 Å². The average molecular weight is 388 g/mol. The van der Waals surface area contributed by atoms with E-state index in [-0.39, 0.29) is 0 Å². The molecule has 1 N–H and O–H groups in total. The Labute approximate surface area is 138 Å². The van der Waals surface area contributed by atoms with Crippen molar-refractivity contribution in [2.24, 2.45) is 0 Å². The van der Waals surface area contributed by atoms with Crippen LogP contribution in [0.15, 0.2) is 60.8 Å². The summed E-state index contributed by atoms with van der Waals surface area (Å²) < 4.78 is 1.30. The summed E-state index contributed by atoms with van der Waals surface area (Å²) in [5.41, 5.74) is 3.68. The standard InChI is InChI=1S/C18H17IN2/c1-13(16-6-2-3-7-17(16)19)21-12-14-8-9-18-15(11-14)5-4-10-20-18/h2-11,13,21H,12H2,1H3. The predicted octanol–water partition coefficient (Wildman–Crippen LogP) is 4.69. The molecule has 3 heteroatoms. The first-order chi connectivity index (χ1) is 10.2. The maximum atomic E-state index is 4.36. The summed E-state index contributed by atoms with van der Waals surface area (Å²) >= 11 is 2.39. The lowest BCUT2D eigenvalue weighted by Crippen LogP contribution is -2.18. The topological polar surface area (TPSA) is 24.9 Å². The lowest BCUT2D eigenvalue weighted by atomic mass is 10.1. The molecule has 0 spiro atoms. The summed E-state index contributed by atoms with van der Waals surface area (Å²) in [5.74, 6) is 0. The van der Waals surface area contributed by atoms with Gasteiger partial charge in [0.2, 0.25) is 0 Å². The highest BCUT2D eigenvalue weighted by Crippen LogP contribution is 2.20. The van der Waals surface area contributed by atoms with Crippen LogP contribution in [-0.2, 0) is 6.54 Å². The van der Waals surface area contributed by atoms with Gasteiger partial charge in [-0.2, -0.15) is 0 Å². The van der Waals surface area contributed by atoms with E-state index in [1.807, 2.05) is 12.3 Å². The molecule has 1 aromatic heterocycles. The van der Waals surface area contributed by atoms with Crippen molar-refractivity contribution < 1.29 is 0 Å². The van der Waals surface area contributed by atoms with Crippen LogP contribution in [0.5, 0.6) is 0 Å². The number of aromatic nitrogens is 1. The lowest BCUT2D eigenvalue weighted by molar-refractivity contribution is 0.573. The van der Waals surface area contributed by atoms with Gasteiger partial charge in [-0.3, -0.25) is 4.98 Å². The number of hydrogen-bond acceptors (Lipinski definition) is 2. The van der Waals surface area contributed by atoms with Crippen molar-refractivity contribution in [2.75, 3.05) is 0 Å². The Morgan fingerprint density at radius 3 is 2.81 bits per heavy atom. The largest absolute Gasteiger partial charge is 0.306 e. The minimum Gasteiger partial charge on any atom is -0.306 e. The lowest BCUT2D eigenvalue weighted by Gasteiger charge is -2.16. The highest BCUT2D eigenvalue weighted by atomic mass is 127. The molecule has 2 nitrogen and oxygen atoms in total. The van der Waals surface area contributed by atoms with Crippen LogP contribution in [0.25, 0.3) is 10.9 Å². The summed E-state index contributed by atoms with van der Waals surface area (Å²) in [6, 6.07) is 19.4.